The summed E-state index contributed by atoms with van der Waals surface area (Å²) in [6, 6.07) is 2.53. The Bertz CT molecular complexity index is 393. The van der Waals surface area contributed by atoms with E-state index >= 15 is 0 Å². The highest BCUT2D eigenvalue weighted by atomic mass is 16.5. The number of rotatable bonds is 2. The molecule has 3 fully saturated rings. The fourth-order valence-corrected chi connectivity index (χ4v) is 2.93. The molecule has 3 saturated heterocycles. The fourth-order valence-electron chi connectivity index (χ4n) is 2.93. The largest absolute Gasteiger partial charge is 0.458 e. The van der Waals surface area contributed by atoms with E-state index in [1.807, 2.05) is 19.9 Å². The lowest BCUT2D eigenvalue weighted by molar-refractivity contribution is -0.0124. The van der Waals surface area contributed by atoms with E-state index in [2.05, 4.69) is 14.9 Å². The monoisotopic (exact) mass is 233 g/mol. The fraction of sp³-hybridized carbons (Fsp3) is 0.692. The Hall–Kier alpha value is -1.16. The highest BCUT2D eigenvalue weighted by Crippen LogP contribution is 2.29. The number of aromatic nitrogens is 2. The van der Waals surface area contributed by atoms with Crippen molar-refractivity contribution in [2.45, 2.75) is 32.8 Å². The number of ether oxygens (including phenoxy) is 1. The Labute approximate surface area is 102 Å². The van der Waals surface area contributed by atoms with Crippen molar-refractivity contribution >= 4 is 0 Å². The van der Waals surface area contributed by atoms with Crippen LogP contribution in [0.1, 0.15) is 24.2 Å². The lowest BCUT2D eigenvalue weighted by Gasteiger charge is -2.43. The van der Waals surface area contributed by atoms with Crippen LogP contribution in [0.15, 0.2) is 6.07 Å². The first-order valence-electron chi connectivity index (χ1n) is 6.42. The van der Waals surface area contributed by atoms with E-state index in [0.29, 0.717) is 18.0 Å². The molecule has 4 heteroatoms. The van der Waals surface area contributed by atoms with E-state index in [4.69, 9.17) is 4.74 Å². The van der Waals surface area contributed by atoms with Gasteiger partial charge in [0.25, 0.3) is 0 Å². The molecule has 17 heavy (non-hydrogen) atoms. The molecule has 92 valence electrons. The number of aryl methyl sites for hydroxylation is 2. The molecule has 4 nitrogen and oxygen atoms in total. The van der Waals surface area contributed by atoms with E-state index in [9.17, 15) is 0 Å². The molecule has 3 aliphatic heterocycles. The first-order valence-corrected chi connectivity index (χ1v) is 6.42. The molecule has 0 aromatic carbocycles. The van der Waals surface area contributed by atoms with Crippen molar-refractivity contribution in [2.75, 3.05) is 19.6 Å². The van der Waals surface area contributed by atoms with Gasteiger partial charge >= 0.3 is 6.01 Å². The molecule has 0 radical (unpaired) electrons. The lowest BCUT2D eigenvalue weighted by Crippen LogP contribution is -2.52. The van der Waals surface area contributed by atoms with Crippen LogP contribution in [-0.2, 0) is 0 Å². The smallest absolute Gasteiger partial charge is 0.317 e. The van der Waals surface area contributed by atoms with Gasteiger partial charge in [-0.2, -0.15) is 0 Å². The van der Waals surface area contributed by atoms with Gasteiger partial charge in [-0.15, -0.1) is 0 Å². The predicted octanol–water partition coefficient (Wildman–Crippen LogP) is 1.57. The molecule has 0 N–H and O–H groups in total. The van der Waals surface area contributed by atoms with E-state index in [-0.39, 0.29) is 0 Å². The maximum atomic E-state index is 5.99. The third-order valence-electron chi connectivity index (χ3n) is 3.81. The number of nitrogens with zero attached hydrogens (tertiary/aromatic N) is 3. The molecule has 1 aromatic rings. The van der Waals surface area contributed by atoms with Gasteiger partial charge in [0, 0.05) is 17.9 Å². The van der Waals surface area contributed by atoms with Crippen molar-refractivity contribution in [3.8, 4) is 6.01 Å². The zero-order chi connectivity index (χ0) is 11.8. The van der Waals surface area contributed by atoms with Gasteiger partial charge in [0.15, 0.2) is 0 Å². The first-order chi connectivity index (χ1) is 8.20. The van der Waals surface area contributed by atoms with E-state index < -0.39 is 0 Å². The molecule has 0 spiro atoms. The topological polar surface area (TPSA) is 38.2 Å². The van der Waals surface area contributed by atoms with Crippen LogP contribution in [0.5, 0.6) is 6.01 Å². The quantitative estimate of drug-likeness (QED) is 0.777. The highest BCUT2D eigenvalue weighted by molar-refractivity contribution is 5.11. The van der Waals surface area contributed by atoms with Gasteiger partial charge in [-0.25, -0.2) is 9.97 Å². The minimum atomic E-state index is 0.290. The highest BCUT2D eigenvalue weighted by Gasteiger charge is 2.35. The molecule has 0 aliphatic carbocycles. The summed E-state index contributed by atoms with van der Waals surface area (Å²) in [4.78, 5) is 11.2. The SMILES string of the molecule is Cc1cc(C)nc(OC2CN3CCC2CC3)n1. The normalized spacial score (nSPS) is 31.5. The maximum absolute atomic E-state index is 5.99. The zero-order valence-electron chi connectivity index (χ0n) is 10.5. The summed E-state index contributed by atoms with van der Waals surface area (Å²) in [5.74, 6) is 0.699. The van der Waals surface area contributed by atoms with Crippen LogP contribution in [0.3, 0.4) is 0 Å². The molecule has 0 amide bonds. The van der Waals surface area contributed by atoms with Gasteiger partial charge in [-0.05, 0) is 51.8 Å². The first kappa shape index (κ1) is 11.0. The minimum Gasteiger partial charge on any atom is -0.458 e. The molecular weight excluding hydrogens is 214 g/mol. The van der Waals surface area contributed by atoms with Crippen molar-refractivity contribution in [1.29, 1.82) is 0 Å². The van der Waals surface area contributed by atoms with Crippen LogP contribution < -0.4 is 4.74 Å². The van der Waals surface area contributed by atoms with Crippen LogP contribution in [0.25, 0.3) is 0 Å². The summed E-state index contributed by atoms with van der Waals surface area (Å²) < 4.78 is 5.99. The Morgan fingerprint density at radius 1 is 1.18 bits per heavy atom. The zero-order valence-corrected chi connectivity index (χ0v) is 10.5. The van der Waals surface area contributed by atoms with E-state index in [0.717, 1.165) is 17.9 Å². The van der Waals surface area contributed by atoms with E-state index in [1.54, 1.807) is 0 Å². The maximum Gasteiger partial charge on any atom is 0.317 e. The van der Waals surface area contributed by atoms with Gasteiger partial charge in [-0.3, -0.25) is 4.90 Å². The molecule has 2 bridgehead atoms. The minimum absolute atomic E-state index is 0.290. The van der Waals surface area contributed by atoms with Crippen LogP contribution in [-0.4, -0.2) is 40.6 Å². The molecule has 1 aromatic heterocycles. The molecule has 1 atom stereocenters. The second-order valence-corrected chi connectivity index (χ2v) is 5.23. The summed E-state index contributed by atoms with van der Waals surface area (Å²) in [5, 5.41) is 0. The van der Waals surface area contributed by atoms with Gasteiger partial charge in [0.05, 0.1) is 0 Å². The van der Waals surface area contributed by atoms with Crippen LogP contribution >= 0.6 is 0 Å². The molecule has 1 unspecified atom stereocenters. The Morgan fingerprint density at radius 2 is 1.82 bits per heavy atom. The number of piperidine rings is 3. The van der Waals surface area contributed by atoms with Crippen LogP contribution in [0.4, 0.5) is 0 Å². The summed E-state index contributed by atoms with van der Waals surface area (Å²) in [6.45, 7) is 7.48. The van der Waals surface area contributed by atoms with Crippen molar-refractivity contribution in [2.24, 2.45) is 5.92 Å². The molecule has 3 aliphatic rings. The standard InChI is InChI=1S/C13H19N3O/c1-9-7-10(2)15-13(14-9)17-12-8-16-5-3-11(12)4-6-16/h7,11-12H,3-6,8H2,1-2H3. The van der Waals surface area contributed by atoms with Crippen LogP contribution in [0, 0.1) is 19.8 Å². The third kappa shape index (κ3) is 2.27. The van der Waals surface area contributed by atoms with Gasteiger partial charge in [-0.1, -0.05) is 0 Å². The summed E-state index contributed by atoms with van der Waals surface area (Å²) in [5.41, 5.74) is 1.96. The summed E-state index contributed by atoms with van der Waals surface area (Å²) in [7, 11) is 0. The Balaban J connectivity index is 1.74. The molecular formula is C13H19N3O. The Kier molecular flexibility index (Phi) is 2.74. The van der Waals surface area contributed by atoms with Gasteiger partial charge in [0.2, 0.25) is 0 Å². The second-order valence-electron chi connectivity index (χ2n) is 5.23. The lowest BCUT2D eigenvalue weighted by atomic mass is 9.86. The van der Waals surface area contributed by atoms with Gasteiger partial charge < -0.3 is 4.74 Å². The second kappa shape index (κ2) is 4.26. The van der Waals surface area contributed by atoms with E-state index in [1.165, 1.54) is 25.9 Å². The number of hydrogen-bond acceptors (Lipinski definition) is 4. The summed E-state index contributed by atoms with van der Waals surface area (Å²) in [6.07, 6.45) is 2.81. The van der Waals surface area contributed by atoms with Crippen molar-refractivity contribution in [3.63, 3.8) is 0 Å². The molecule has 0 saturated carbocycles. The average molecular weight is 233 g/mol. The third-order valence-corrected chi connectivity index (χ3v) is 3.81. The van der Waals surface area contributed by atoms with Crippen molar-refractivity contribution < 1.29 is 4.74 Å². The number of fused-ring (bicyclic) bond motifs is 3. The summed E-state index contributed by atoms with van der Waals surface area (Å²) >= 11 is 0. The van der Waals surface area contributed by atoms with Crippen LogP contribution in [0.2, 0.25) is 0 Å². The molecule has 4 heterocycles. The van der Waals surface area contributed by atoms with Gasteiger partial charge in [0.1, 0.15) is 6.10 Å². The van der Waals surface area contributed by atoms with Crippen molar-refractivity contribution in [1.82, 2.24) is 14.9 Å². The number of hydrogen-bond donors (Lipinski definition) is 0. The van der Waals surface area contributed by atoms with Crippen molar-refractivity contribution in [3.05, 3.63) is 17.5 Å². The predicted molar refractivity (Wildman–Crippen MR) is 65.1 cm³/mol. The Morgan fingerprint density at radius 3 is 2.35 bits per heavy atom. The average Bonchev–Trinajstić information content (AvgIpc) is 2.29. The molecule has 4 rings (SSSR count).